The Bertz CT molecular complexity index is 1070. The highest BCUT2D eigenvalue weighted by Gasteiger charge is 2.13. The average molecular weight is 376 g/mol. The van der Waals surface area contributed by atoms with Crippen molar-refractivity contribution in [2.24, 2.45) is 4.99 Å². The number of carbonyl (C=O) groups is 1. The molecule has 28 heavy (non-hydrogen) atoms. The van der Waals surface area contributed by atoms with Crippen LogP contribution in [0.1, 0.15) is 32.9 Å². The van der Waals surface area contributed by atoms with Gasteiger partial charge in [-0.05, 0) is 45.0 Å². The molecule has 3 aromatic rings. The number of amides is 1. The van der Waals surface area contributed by atoms with E-state index in [0.717, 1.165) is 17.0 Å². The number of aromatic nitrogens is 1. The van der Waals surface area contributed by atoms with E-state index in [1.165, 1.54) is 6.07 Å². The van der Waals surface area contributed by atoms with Crippen molar-refractivity contribution in [2.45, 2.75) is 20.8 Å². The van der Waals surface area contributed by atoms with Gasteiger partial charge in [0, 0.05) is 40.4 Å². The van der Waals surface area contributed by atoms with Gasteiger partial charge < -0.3 is 0 Å². The molecule has 1 amide bonds. The number of nitro groups is 1. The van der Waals surface area contributed by atoms with Gasteiger partial charge in [-0.3, -0.25) is 30.0 Å². The van der Waals surface area contributed by atoms with Crippen molar-refractivity contribution in [1.29, 1.82) is 0 Å². The highest BCUT2D eigenvalue weighted by Crippen LogP contribution is 2.24. The third-order valence-corrected chi connectivity index (χ3v) is 4.46. The Hall–Kier alpha value is -3.74. The van der Waals surface area contributed by atoms with E-state index < -0.39 is 4.92 Å². The molecule has 0 fully saturated rings. The number of aliphatic imine (C=N–C) groups is 1. The molecule has 0 atom stereocenters. The molecule has 1 aromatic heterocycles. The van der Waals surface area contributed by atoms with Gasteiger partial charge in [-0.2, -0.15) is 0 Å². The summed E-state index contributed by atoms with van der Waals surface area (Å²) >= 11 is 0. The van der Waals surface area contributed by atoms with Crippen molar-refractivity contribution in [3.63, 3.8) is 0 Å². The number of carbonyl (C=O) groups excluding carboxylic acids is 1. The van der Waals surface area contributed by atoms with Crippen LogP contribution in [0.5, 0.6) is 0 Å². The number of nitro benzene ring substituents is 1. The zero-order chi connectivity index (χ0) is 20.3. The quantitative estimate of drug-likeness (QED) is 0.405. The van der Waals surface area contributed by atoms with Crippen molar-refractivity contribution in [1.82, 2.24) is 4.68 Å². The van der Waals surface area contributed by atoms with Gasteiger partial charge in [0.1, 0.15) is 0 Å². The second kappa shape index (κ2) is 7.87. The summed E-state index contributed by atoms with van der Waals surface area (Å²) in [5, 5.41) is 11.1. The lowest BCUT2D eigenvalue weighted by Gasteiger charge is -2.11. The summed E-state index contributed by atoms with van der Waals surface area (Å²) in [5.41, 5.74) is 7.03. The van der Waals surface area contributed by atoms with Gasteiger partial charge >= 0.3 is 0 Å². The Kier molecular flexibility index (Phi) is 5.35. The number of nitrogens with one attached hydrogen (secondary N) is 1. The fourth-order valence-corrected chi connectivity index (χ4v) is 2.86. The fourth-order valence-electron chi connectivity index (χ4n) is 2.86. The van der Waals surface area contributed by atoms with E-state index in [2.05, 4.69) is 10.4 Å². The van der Waals surface area contributed by atoms with Gasteiger partial charge in [0.2, 0.25) is 0 Å². The number of benzene rings is 2. The van der Waals surface area contributed by atoms with Gasteiger partial charge in [0.15, 0.2) is 0 Å². The molecule has 0 aliphatic heterocycles. The smallest absolute Gasteiger partial charge is 0.267 e. The molecule has 0 saturated heterocycles. The molecule has 0 aliphatic carbocycles. The summed E-state index contributed by atoms with van der Waals surface area (Å²) in [7, 11) is 0. The molecule has 0 bridgehead atoms. The molecule has 3 rings (SSSR count). The van der Waals surface area contributed by atoms with E-state index in [0.29, 0.717) is 16.8 Å². The van der Waals surface area contributed by atoms with E-state index in [-0.39, 0.29) is 11.6 Å². The van der Waals surface area contributed by atoms with Crippen LogP contribution < -0.4 is 5.43 Å². The second-order valence-electron chi connectivity index (χ2n) is 6.45. The Balaban J connectivity index is 1.84. The molecule has 2 aromatic carbocycles. The molecule has 0 unspecified atom stereocenters. The van der Waals surface area contributed by atoms with Gasteiger partial charge in [0.25, 0.3) is 11.6 Å². The zero-order valence-corrected chi connectivity index (χ0v) is 15.8. The normalized spacial score (nSPS) is 11.0. The number of aryl methyl sites for hydroxylation is 2. The van der Waals surface area contributed by atoms with Crippen molar-refractivity contribution in [3.8, 4) is 0 Å². The molecule has 7 heteroatoms. The largest absolute Gasteiger partial charge is 0.274 e. The molecule has 0 aliphatic rings. The zero-order valence-electron chi connectivity index (χ0n) is 15.8. The number of hydrogen-bond acceptors (Lipinski definition) is 4. The van der Waals surface area contributed by atoms with Gasteiger partial charge in [-0.15, -0.1) is 0 Å². The van der Waals surface area contributed by atoms with Crippen molar-refractivity contribution >= 4 is 23.5 Å². The predicted molar refractivity (Wildman–Crippen MR) is 109 cm³/mol. The summed E-state index contributed by atoms with van der Waals surface area (Å²) in [6.45, 7) is 5.44. The molecule has 0 saturated carbocycles. The Labute approximate surface area is 162 Å². The highest BCUT2D eigenvalue weighted by atomic mass is 16.6. The highest BCUT2D eigenvalue weighted by molar-refractivity contribution is 6.00. The lowest BCUT2D eigenvalue weighted by atomic mass is 10.2. The van der Waals surface area contributed by atoms with Gasteiger partial charge in [0.05, 0.1) is 10.6 Å². The van der Waals surface area contributed by atoms with E-state index in [1.54, 1.807) is 42.1 Å². The number of hydrogen-bond donors (Lipinski definition) is 1. The Morgan fingerprint density at radius 3 is 2.50 bits per heavy atom. The summed E-state index contributed by atoms with van der Waals surface area (Å²) < 4.78 is 1.70. The van der Waals surface area contributed by atoms with E-state index in [9.17, 15) is 14.9 Å². The predicted octanol–water partition coefficient (Wildman–Crippen LogP) is 4.46. The maximum atomic E-state index is 12.4. The van der Waals surface area contributed by atoms with Crippen LogP contribution in [-0.4, -0.2) is 21.7 Å². The topological polar surface area (TPSA) is 89.5 Å². The average Bonchev–Trinajstić information content (AvgIpc) is 2.95. The van der Waals surface area contributed by atoms with Crippen LogP contribution >= 0.6 is 0 Å². The van der Waals surface area contributed by atoms with Crippen LogP contribution in [0.2, 0.25) is 0 Å². The van der Waals surface area contributed by atoms with Gasteiger partial charge in [-0.25, -0.2) is 0 Å². The summed E-state index contributed by atoms with van der Waals surface area (Å²) in [5.74, 6) is -0.208. The van der Waals surface area contributed by atoms with Crippen LogP contribution in [0, 0.1) is 30.9 Å². The molecule has 0 spiro atoms. The molecular formula is C21H20N4O3. The SMILES string of the molecule is Cc1ccc(N=Cc2cc(C)n(NC(=O)c3ccccc3)c2C)cc1[N+](=O)[O-]. The Morgan fingerprint density at radius 2 is 1.82 bits per heavy atom. The van der Waals surface area contributed by atoms with Crippen LogP contribution in [0.15, 0.2) is 59.6 Å². The molecule has 0 radical (unpaired) electrons. The monoisotopic (exact) mass is 376 g/mol. The standard InChI is InChI=1S/C21H20N4O3/c1-14-9-10-19(12-20(14)25(27)28)22-13-18-11-15(2)24(16(18)3)23-21(26)17-7-5-4-6-8-17/h4-13H,1-3H3,(H,23,26). The van der Waals surface area contributed by atoms with Crippen LogP contribution in [0.4, 0.5) is 11.4 Å². The first kappa shape index (κ1) is 19.0. The Morgan fingerprint density at radius 1 is 1.11 bits per heavy atom. The summed E-state index contributed by atoms with van der Waals surface area (Å²) in [6, 6.07) is 15.7. The van der Waals surface area contributed by atoms with Crippen molar-refractivity contribution < 1.29 is 9.72 Å². The third kappa shape index (κ3) is 3.98. The lowest BCUT2D eigenvalue weighted by Crippen LogP contribution is -2.24. The number of rotatable bonds is 5. The third-order valence-electron chi connectivity index (χ3n) is 4.46. The van der Waals surface area contributed by atoms with Gasteiger partial charge in [-0.1, -0.05) is 24.3 Å². The molecule has 142 valence electrons. The van der Waals surface area contributed by atoms with E-state index >= 15 is 0 Å². The molecular weight excluding hydrogens is 356 g/mol. The van der Waals surface area contributed by atoms with Crippen molar-refractivity contribution in [2.75, 3.05) is 5.43 Å². The van der Waals surface area contributed by atoms with Crippen LogP contribution in [-0.2, 0) is 0 Å². The summed E-state index contributed by atoms with van der Waals surface area (Å²) in [4.78, 5) is 27.4. The minimum absolute atomic E-state index is 0.0373. The van der Waals surface area contributed by atoms with E-state index in [4.69, 9.17) is 0 Å². The minimum Gasteiger partial charge on any atom is -0.267 e. The first-order valence-corrected chi connectivity index (χ1v) is 8.71. The second-order valence-corrected chi connectivity index (χ2v) is 6.45. The molecule has 1 N–H and O–H groups in total. The first-order chi connectivity index (χ1) is 13.4. The van der Waals surface area contributed by atoms with Crippen molar-refractivity contribution in [3.05, 3.63) is 92.8 Å². The molecule has 7 nitrogen and oxygen atoms in total. The maximum absolute atomic E-state index is 12.4. The summed E-state index contributed by atoms with van der Waals surface area (Å²) in [6.07, 6.45) is 1.64. The van der Waals surface area contributed by atoms with Crippen LogP contribution in [0.25, 0.3) is 0 Å². The lowest BCUT2D eigenvalue weighted by molar-refractivity contribution is -0.385. The number of nitrogens with zero attached hydrogens (tertiary/aromatic N) is 3. The minimum atomic E-state index is -0.417. The molecule has 1 heterocycles. The van der Waals surface area contributed by atoms with E-state index in [1.807, 2.05) is 38.1 Å². The first-order valence-electron chi connectivity index (χ1n) is 8.71. The van der Waals surface area contributed by atoms with Crippen LogP contribution in [0.3, 0.4) is 0 Å². The fraction of sp³-hybridized carbons (Fsp3) is 0.143. The maximum Gasteiger partial charge on any atom is 0.274 e.